The van der Waals surface area contributed by atoms with Gasteiger partial charge in [-0.25, -0.2) is 4.79 Å². The number of carbonyl (C=O) groups is 1. The fraction of sp³-hybridized carbons (Fsp3) is 0.250. The molecule has 0 unspecified atom stereocenters. The van der Waals surface area contributed by atoms with Crippen molar-refractivity contribution in [1.82, 2.24) is 0 Å². The van der Waals surface area contributed by atoms with Crippen LogP contribution in [0.2, 0.25) is 0 Å². The van der Waals surface area contributed by atoms with Crippen LogP contribution in [0.15, 0.2) is 24.3 Å². The number of benzene rings is 1. The number of esters is 1. The summed E-state index contributed by atoms with van der Waals surface area (Å²) in [5.74, 6) is -0.144. The van der Waals surface area contributed by atoms with E-state index < -0.39 is 12.1 Å². The molecule has 0 bridgehead atoms. The number of nitriles is 2. The van der Waals surface area contributed by atoms with Crippen LogP contribution in [-0.4, -0.2) is 18.7 Å². The van der Waals surface area contributed by atoms with Crippen molar-refractivity contribution in [2.24, 2.45) is 0 Å². The van der Waals surface area contributed by atoms with Gasteiger partial charge in [-0.1, -0.05) is 0 Å². The minimum absolute atomic E-state index is 0.266. The summed E-state index contributed by atoms with van der Waals surface area (Å²) in [5.41, 5.74) is 0.512. The Morgan fingerprint density at radius 2 is 2.00 bits per heavy atom. The number of nitrogens with zero attached hydrogens (tertiary/aromatic N) is 2. The van der Waals surface area contributed by atoms with Crippen molar-refractivity contribution in [3.63, 3.8) is 0 Å². The fourth-order valence-corrected chi connectivity index (χ4v) is 1.03. The summed E-state index contributed by atoms with van der Waals surface area (Å²) in [6, 6.07) is 10.1. The molecule has 1 rings (SSSR count). The van der Waals surface area contributed by atoms with Crippen LogP contribution in [0.25, 0.3) is 0 Å². The quantitative estimate of drug-likeness (QED) is 0.730. The number of hydrogen-bond acceptors (Lipinski definition) is 5. The molecule has 5 heteroatoms. The van der Waals surface area contributed by atoms with Crippen LogP contribution in [0.1, 0.15) is 12.5 Å². The first-order valence-corrected chi connectivity index (χ1v) is 4.87. The minimum atomic E-state index is -0.785. The predicted molar refractivity (Wildman–Crippen MR) is 57.8 cm³/mol. The van der Waals surface area contributed by atoms with E-state index in [1.54, 1.807) is 30.3 Å². The van der Waals surface area contributed by atoms with Crippen LogP contribution in [0, 0.1) is 22.7 Å². The highest BCUT2D eigenvalue weighted by atomic mass is 16.6. The second-order valence-electron chi connectivity index (χ2n) is 3.19. The Morgan fingerprint density at radius 3 is 2.53 bits per heavy atom. The maximum absolute atomic E-state index is 11.2. The standard InChI is InChI=1S/C12H10N2O3/c1-9(6-13)17-12(15)8-16-11-4-2-10(7-14)3-5-11/h2-5,9H,8H2,1H3/t9-/m0/s1. The molecule has 0 aliphatic heterocycles. The molecule has 86 valence electrons. The summed E-state index contributed by atoms with van der Waals surface area (Å²) in [4.78, 5) is 11.2. The average Bonchev–Trinajstić information content (AvgIpc) is 2.36. The van der Waals surface area contributed by atoms with E-state index in [0.717, 1.165) is 0 Å². The summed E-state index contributed by atoms with van der Waals surface area (Å²) in [7, 11) is 0. The van der Waals surface area contributed by atoms with Crippen molar-refractivity contribution in [2.75, 3.05) is 6.61 Å². The van der Waals surface area contributed by atoms with E-state index in [1.807, 2.05) is 6.07 Å². The molecule has 0 aliphatic rings. The van der Waals surface area contributed by atoms with Gasteiger partial charge in [0.05, 0.1) is 11.6 Å². The smallest absolute Gasteiger partial charge is 0.345 e. The fourth-order valence-electron chi connectivity index (χ4n) is 1.03. The largest absolute Gasteiger partial charge is 0.482 e. The van der Waals surface area contributed by atoms with E-state index in [-0.39, 0.29) is 6.61 Å². The Morgan fingerprint density at radius 1 is 1.35 bits per heavy atom. The van der Waals surface area contributed by atoms with Crippen molar-refractivity contribution in [3.05, 3.63) is 29.8 Å². The van der Waals surface area contributed by atoms with E-state index in [2.05, 4.69) is 4.74 Å². The molecule has 0 heterocycles. The van der Waals surface area contributed by atoms with Crippen molar-refractivity contribution >= 4 is 5.97 Å². The first kappa shape index (κ1) is 12.5. The molecule has 0 aliphatic carbocycles. The third-order valence-corrected chi connectivity index (χ3v) is 1.83. The average molecular weight is 230 g/mol. The van der Waals surface area contributed by atoms with E-state index >= 15 is 0 Å². The molecule has 17 heavy (non-hydrogen) atoms. The summed E-state index contributed by atoms with van der Waals surface area (Å²) in [6.07, 6.45) is -0.785. The van der Waals surface area contributed by atoms with E-state index in [1.165, 1.54) is 6.92 Å². The highest BCUT2D eigenvalue weighted by Gasteiger charge is 2.08. The zero-order valence-electron chi connectivity index (χ0n) is 9.21. The summed E-state index contributed by atoms with van der Waals surface area (Å²) in [5, 5.41) is 17.0. The van der Waals surface area contributed by atoms with Gasteiger partial charge in [0, 0.05) is 0 Å². The van der Waals surface area contributed by atoms with Gasteiger partial charge in [0.2, 0.25) is 0 Å². The normalized spacial score (nSPS) is 10.8. The number of hydrogen-bond donors (Lipinski definition) is 0. The summed E-state index contributed by atoms with van der Waals surface area (Å²) >= 11 is 0. The third kappa shape index (κ3) is 4.23. The van der Waals surface area contributed by atoms with Crippen molar-refractivity contribution in [3.8, 4) is 17.9 Å². The Bertz CT molecular complexity index is 468. The van der Waals surface area contributed by atoms with E-state index in [9.17, 15) is 4.79 Å². The van der Waals surface area contributed by atoms with Crippen LogP contribution in [0.5, 0.6) is 5.75 Å². The maximum Gasteiger partial charge on any atom is 0.345 e. The van der Waals surface area contributed by atoms with E-state index in [4.69, 9.17) is 15.3 Å². The molecule has 0 saturated heterocycles. The van der Waals surface area contributed by atoms with Crippen LogP contribution in [-0.2, 0) is 9.53 Å². The molecule has 1 atom stereocenters. The minimum Gasteiger partial charge on any atom is -0.482 e. The first-order chi connectivity index (χ1) is 8.15. The maximum atomic E-state index is 11.2. The molecular weight excluding hydrogens is 220 g/mol. The van der Waals surface area contributed by atoms with Crippen LogP contribution in [0.3, 0.4) is 0 Å². The lowest BCUT2D eigenvalue weighted by atomic mass is 10.2. The zero-order valence-corrected chi connectivity index (χ0v) is 9.21. The third-order valence-electron chi connectivity index (χ3n) is 1.83. The number of ether oxygens (including phenoxy) is 2. The Hall–Kier alpha value is -2.53. The molecular formula is C12H10N2O3. The molecule has 0 radical (unpaired) electrons. The van der Waals surface area contributed by atoms with Crippen LogP contribution < -0.4 is 4.74 Å². The van der Waals surface area contributed by atoms with Crippen molar-refractivity contribution < 1.29 is 14.3 Å². The Kier molecular flexibility index (Phi) is 4.53. The molecule has 0 aromatic heterocycles. The lowest BCUT2D eigenvalue weighted by Gasteiger charge is -2.07. The van der Waals surface area contributed by atoms with Gasteiger partial charge < -0.3 is 9.47 Å². The number of carbonyl (C=O) groups excluding carboxylic acids is 1. The molecule has 0 amide bonds. The van der Waals surface area contributed by atoms with Crippen molar-refractivity contribution in [1.29, 1.82) is 10.5 Å². The summed E-state index contributed by atoms with van der Waals surface area (Å²) < 4.78 is 9.81. The first-order valence-electron chi connectivity index (χ1n) is 4.87. The summed E-state index contributed by atoms with van der Waals surface area (Å²) in [6.45, 7) is 1.21. The highest BCUT2D eigenvalue weighted by molar-refractivity contribution is 5.71. The monoisotopic (exact) mass is 230 g/mol. The van der Waals surface area contributed by atoms with Gasteiger partial charge in [0.1, 0.15) is 11.8 Å². The molecule has 1 aromatic rings. The zero-order chi connectivity index (χ0) is 12.7. The van der Waals surface area contributed by atoms with Gasteiger partial charge in [0.25, 0.3) is 0 Å². The van der Waals surface area contributed by atoms with Gasteiger partial charge in [-0.15, -0.1) is 0 Å². The molecule has 0 N–H and O–H groups in total. The topological polar surface area (TPSA) is 83.1 Å². The second kappa shape index (κ2) is 6.14. The molecule has 0 spiro atoms. The Labute approximate surface area is 98.8 Å². The van der Waals surface area contributed by atoms with Gasteiger partial charge >= 0.3 is 5.97 Å². The lowest BCUT2D eigenvalue weighted by molar-refractivity contribution is -0.148. The van der Waals surface area contributed by atoms with E-state index in [0.29, 0.717) is 11.3 Å². The SMILES string of the molecule is C[C@@H](C#N)OC(=O)COc1ccc(C#N)cc1. The predicted octanol–water partition coefficient (Wildman–Crippen LogP) is 1.39. The lowest BCUT2D eigenvalue weighted by Crippen LogP contribution is -2.19. The molecule has 1 aromatic carbocycles. The number of rotatable bonds is 4. The highest BCUT2D eigenvalue weighted by Crippen LogP contribution is 2.11. The second-order valence-corrected chi connectivity index (χ2v) is 3.19. The molecule has 0 saturated carbocycles. The van der Waals surface area contributed by atoms with Crippen LogP contribution >= 0.6 is 0 Å². The molecule has 5 nitrogen and oxygen atoms in total. The van der Waals surface area contributed by atoms with Crippen molar-refractivity contribution in [2.45, 2.75) is 13.0 Å². The Balaban J connectivity index is 2.43. The molecule has 0 fully saturated rings. The van der Waals surface area contributed by atoms with Gasteiger partial charge in [-0.05, 0) is 31.2 Å². The van der Waals surface area contributed by atoms with Gasteiger partial charge in [-0.3, -0.25) is 0 Å². The van der Waals surface area contributed by atoms with Crippen LogP contribution in [0.4, 0.5) is 0 Å². The van der Waals surface area contributed by atoms with Gasteiger partial charge in [-0.2, -0.15) is 10.5 Å². The van der Waals surface area contributed by atoms with Gasteiger partial charge in [0.15, 0.2) is 12.7 Å².